The van der Waals surface area contributed by atoms with Gasteiger partial charge in [-0.2, -0.15) is 5.26 Å². The van der Waals surface area contributed by atoms with E-state index in [0.29, 0.717) is 12.3 Å². The fourth-order valence-electron chi connectivity index (χ4n) is 1.89. The lowest BCUT2D eigenvalue weighted by atomic mass is 10.1. The number of rotatable bonds is 4. The van der Waals surface area contributed by atoms with Crippen LogP contribution in [0.2, 0.25) is 0 Å². The van der Waals surface area contributed by atoms with E-state index in [1.54, 1.807) is 12.3 Å². The quantitative estimate of drug-likeness (QED) is 0.716. The Kier molecular flexibility index (Phi) is 5.16. The highest BCUT2D eigenvalue weighted by molar-refractivity contribution is 9.10. The molecule has 0 saturated heterocycles. The zero-order chi connectivity index (χ0) is 14.5. The number of hydrogen-bond donors (Lipinski definition) is 0. The molecule has 0 fully saturated rings. The summed E-state index contributed by atoms with van der Waals surface area (Å²) >= 11 is 6.95. The van der Waals surface area contributed by atoms with Crippen molar-refractivity contribution < 1.29 is 4.74 Å². The number of hydrogen-bond acceptors (Lipinski definition) is 3. The molecule has 0 aliphatic rings. The lowest BCUT2D eigenvalue weighted by molar-refractivity contribution is 0.301. The van der Waals surface area contributed by atoms with Gasteiger partial charge in [0.05, 0.1) is 0 Å². The number of alkyl halides is 1. The molecule has 5 heteroatoms. The van der Waals surface area contributed by atoms with Crippen LogP contribution < -0.4 is 4.74 Å². The van der Waals surface area contributed by atoms with Crippen LogP contribution in [0.1, 0.15) is 22.4 Å². The molecule has 0 aliphatic carbocycles. The molecule has 1 aromatic heterocycles. The van der Waals surface area contributed by atoms with E-state index in [1.807, 2.05) is 31.2 Å². The molecule has 2 rings (SSSR count). The van der Waals surface area contributed by atoms with Crippen LogP contribution in [0.25, 0.3) is 0 Å². The molecule has 0 amide bonds. The number of nitriles is 1. The first-order valence-corrected chi connectivity index (χ1v) is 7.88. The average Bonchev–Trinajstić information content (AvgIpc) is 2.45. The minimum atomic E-state index is 0.402. The van der Waals surface area contributed by atoms with E-state index in [0.717, 1.165) is 32.2 Å². The van der Waals surface area contributed by atoms with Crippen LogP contribution in [0.15, 0.2) is 34.9 Å². The Hall–Kier alpha value is -1.38. The maximum atomic E-state index is 8.84. The minimum absolute atomic E-state index is 0.402. The van der Waals surface area contributed by atoms with E-state index in [4.69, 9.17) is 10.00 Å². The molecule has 0 aliphatic heterocycles. The van der Waals surface area contributed by atoms with E-state index < -0.39 is 0 Å². The first kappa shape index (κ1) is 15.0. The molecule has 102 valence electrons. The maximum absolute atomic E-state index is 8.84. The van der Waals surface area contributed by atoms with Gasteiger partial charge in [-0.25, -0.2) is 4.98 Å². The summed E-state index contributed by atoms with van der Waals surface area (Å²) in [4.78, 5) is 3.95. The standard InChI is InChI=1S/C15H12Br2N2O/c1-10-4-13(17)6-12(7-16)15(10)20-9-11-2-3-19-14(5-11)8-18/h2-6H,7,9H2,1H3. The van der Waals surface area contributed by atoms with Crippen LogP contribution in [0.5, 0.6) is 5.75 Å². The van der Waals surface area contributed by atoms with E-state index in [1.165, 1.54) is 0 Å². The van der Waals surface area contributed by atoms with Crippen molar-refractivity contribution in [1.29, 1.82) is 5.26 Å². The van der Waals surface area contributed by atoms with Crippen LogP contribution in [0.4, 0.5) is 0 Å². The SMILES string of the molecule is Cc1cc(Br)cc(CBr)c1OCc1ccnc(C#N)c1. The molecule has 0 radical (unpaired) electrons. The van der Waals surface area contributed by atoms with Crippen LogP contribution in [0.3, 0.4) is 0 Å². The molecular weight excluding hydrogens is 384 g/mol. The number of benzene rings is 1. The lowest BCUT2D eigenvalue weighted by Crippen LogP contribution is -2.01. The van der Waals surface area contributed by atoms with Gasteiger partial charge in [0.1, 0.15) is 24.1 Å². The van der Waals surface area contributed by atoms with Crippen LogP contribution in [-0.4, -0.2) is 4.98 Å². The third-order valence-electron chi connectivity index (χ3n) is 2.78. The molecule has 0 spiro atoms. The van der Waals surface area contributed by atoms with Gasteiger partial charge in [0.25, 0.3) is 0 Å². The van der Waals surface area contributed by atoms with Gasteiger partial charge in [-0.15, -0.1) is 0 Å². The average molecular weight is 396 g/mol. The highest BCUT2D eigenvalue weighted by Gasteiger charge is 2.09. The Bertz CT molecular complexity index is 665. The van der Waals surface area contributed by atoms with Gasteiger partial charge in [0.15, 0.2) is 0 Å². The summed E-state index contributed by atoms with van der Waals surface area (Å²) in [7, 11) is 0. The van der Waals surface area contributed by atoms with Gasteiger partial charge in [-0.3, -0.25) is 0 Å². The van der Waals surface area contributed by atoms with E-state index in [2.05, 4.69) is 36.8 Å². The lowest BCUT2D eigenvalue weighted by Gasteiger charge is -2.13. The molecule has 1 aromatic carbocycles. The van der Waals surface area contributed by atoms with Gasteiger partial charge in [0.2, 0.25) is 0 Å². The van der Waals surface area contributed by atoms with Crippen molar-refractivity contribution in [1.82, 2.24) is 4.98 Å². The second kappa shape index (κ2) is 6.87. The molecular formula is C15H12Br2N2O. The van der Waals surface area contributed by atoms with E-state index in [-0.39, 0.29) is 0 Å². The largest absolute Gasteiger partial charge is 0.488 e. The Morgan fingerprint density at radius 1 is 1.35 bits per heavy atom. The number of aryl methyl sites for hydroxylation is 1. The van der Waals surface area contributed by atoms with Crippen molar-refractivity contribution in [2.24, 2.45) is 0 Å². The van der Waals surface area contributed by atoms with Crippen molar-refractivity contribution >= 4 is 31.9 Å². The fourth-order valence-corrected chi connectivity index (χ4v) is 2.92. The molecule has 2 aromatic rings. The summed E-state index contributed by atoms with van der Waals surface area (Å²) in [5, 5.41) is 9.56. The summed E-state index contributed by atoms with van der Waals surface area (Å²) in [5.74, 6) is 0.875. The van der Waals surface area contributed by atoms with Crippen LogP contribution in [0, 0.1) is 18.3 Å². The van der Waals surface area contributed by atoms with Crippen molar-refractivity contribution in [3.63, 3.8) is 0 Å². The summed E-state index contributed by atoms with van der Waals surface area (Å²) in [5.41, 5.74) is 3.49. The van der Waals surface area contributed by atoms with Crippen molar-refractivity contribution in [3.05, 3.63) is 57.3 Å². The third kappa shape index (κ3) is 3.59. The summed E-state index contributed by atoms with van der Waals surface area (Å²) in [6.07, 6.45) is 1.62. The van der Waals surface area contributed by atoms with Gasteiger partial charge in [-0.05, 0) is 42.3 Å². The molecule has 1 heterocycles. The summed E-state index contributed by atoms with van der Waals surface area (Å²) in [6, 6.07) is 9.67. The monoisotopic (exact) mass is 394 g/mol. The predicted octanol–water partition coefficient (Wildman–Crippen LogP) is 4.50. The minimum Gasteiger partial charge on any atom is -0.488 e. The molecule has 20 heavy (non-hydrogen) atoms. The summed E-state index contributed by atoms with van der Waals surface area (Å²) < 4.78 is 6.95. The number of ether oxygens (including phenoxy) is 1. The molecule has 0 N–H and O–H groups in total. The first-order valence-electron chi connectivity index (χ1n) is 5.97. The van der Waals surface area contributed by atoms with Crippen molar-refractivity contribution in [2.75, 3.05) is 0 Å². The predicted molar refractivity (Wildman–Crippen MR) is 84.8 cm³/mol. The third-order valence-corrected chi connectivity index (χ3v) is 3.84. The number of aromatic nitrogens is 1. The highest BCUT2D eigenvalue weighted by Crippen LogP contribution is 2.30. The van der Waals surface area contributed by atoms with E-state index >= 15 is 0 Å². The Balaban J connectivity index is 2.20. The second-order valence-electron chi connectivity index (χ2n) is 4.29. The molecule has 0 saturated carbocycles. The second-order valence-corrected chi connectivity index (χ2v) is 5.77. The van der Waals surface area contributed by atoms with Crippen molar-refractivity contribution in [3.8, 4) is 11.8 Å². The van der Waals surface area contributed by atoms with Gasteiger partial charge >= 0.3 is 0 Å². The molecule has 3 nitrogen and oxygen atoms in total. The van der Waals surface area contributed by atoms with E-state index in [9.17, 15) is 0 Å². The Morgan fingerprint density at radius 3 is 2.85 bits per heavy atom. The fraction of sp³-hybridized carbons (Fsp3) is 0.200. The molecule has 0 bridgehead atoms. The number of nitrogens with zero attached hydrogens (tertiary/aromatic N) is 2. The Labute approximate surface area is 134 Å². The zero-order valence-corrected chi connectivity index (χ0v) is 14.0. The maximum Gasteiger partial charge on any atom is 0.140 e. The highest BCUT2D eigenvalue weighted by atomic mass is 79.9. The van der Waals surface area contributed by atoms with Crippen molar-refractivity contribution in [2.45, 2.75) is 18.9 Å². The first-order chi connectivity index (χ1) is 9.63. The van der Waals surface area contributed by atoms with Gasteiger partial charge in [-0.1, -0.05) is 31.9 Å². The summed E-state index contributed by atoms with van der Waals surface area (Å²) in [6.45, 7) is 2.43. The number of pyridine rings is 1. The van der Waals surface area contributed by atoms with Gasteiger partial charge < -0.3 is 4.74 Å². The van der Waals surface area contributed by atoms with Crippen LogP contribution in [-0.2, 0) is 11.9 Å². The molecule has 0 unspecified atom stereocenters. The number of halogens is 2. The molecule has 0 atom stereocenters. The normalized spacial score (nSPS) is 10.1. The Morgan fingerprint density at radius 2 is 2.15 bits per heavy atom. The zero-order valence-electron chi connectivity index (χ0n) is 10.9. The topological polar surface area (TPSA) is 45.9 Å². The smallest absolute Gasteiger partial charge is 0.140 e. The van der Waals surface area contributed by atoms with Gasteiger partial charge in [0, 0.05) is 21.6 Å². The van der Waals surface area contributed by atoms with Crippen LogP contribution >= 0.6 is 31.9 Å².